The van der Waals surface area contributed by atoms with Crippen molar-refractivity contribution in [1.82, 2.24) is 5.32 Å². The van der Waals surface area contributed by atoms with E-state index in [4.69, 9.17) is 10.8 Å². The van der Waals surface area contributed by atoms with Gasteiger partial charge in [0.2, 0.25) is 11.8 Å². The molecule has 0 rings (SSSR count). The Morgan fingerprint density at radius 1 is 1.31 bits per heavy atom. The van der Waals surface area contributed by atoms with Crippen LogP contribution in [0.25, 0.3) is 0 Å². The maximum atomic E-state index is 11.3. The van der Waals surface area contributed by atoms with Crippen LogP contribution in [0.1, 0.15) is 33.1 Å². The zero-order valence-electron chi connectivity index (χ0n) is 9.53. The minimum Gasteiger partial charge on any atom is -0.480 e. The number of hydrogen-bond donors (Lipinski definition) is 3. The number of hydrogen-bond acceptors (Lipinski definition) is 3. The summed E-state index contributed by atoms with van der Waals surface area (Å²) in [7, 11) is 0. The van der Waals surface area contributed by atoms with Gasteiger partial charge in [0.05, 0.1) is 0 Å². The third-order valence-corrected chi connectivity index (χ3v) is 1.91. The van der Waals surface area contributed by atoms with Crippen molar-refractivity contribution >= 4 is 17.8 Å². The molecule has 6 heteroatoms. The fourth-order valence-electron chi connectivity index (χ4n) is 1.17. The van der Waals surface area contributed by atoms with Crippen molar-refractivity contribution in [3.05, 3.63) is 0 Å². The van der Waals surface area contributed by atoms with Crippen LogP contribution >= 0.6 is 0 Å². The van der Waals surface area contributed by atoms with Gasteiger partial charge in [-0.15, -0.1) is 0 Å². The molecule has 0 saturated heterocycles. The highest BCUT2D eigenvalue weighted by molar-refractivity contribution is 5.84. The van der Waals surface area contributed by atoms with Gasteiger partial charge in [-0.2, -0.15) is 0 Å². The van der Waals surface area contributed by atoms with Crippen LogP contribution in [0.2, 0.25) is 0 Å². The fraction of sp³-hybridized carbons (Fsp3) is 0.700. The quantitative estimate of drug-likeness (QED) is 0.565. The number of rotatable bonds is 7. The van der Waals surface area contributed by atoms with Gasteiger partial charge in [0.15, 0.2) is 0 Å². The number of aliphatic carboxylic acids is 1. The third kappa shape index (κ3) is 6.80. The van der Waals surface area contributed by atoms with Crippen molar-refractivity contribution in [2.75, 3.05) is 0 Å². The standard InChI is InChI=1S/C10H18N2O4/c1-6(2)5-9(14)12-7(10(15)16)3-4-8(11)13/h6-7H,3-5H2,1-2H3,(H2,11,13)(H,12,14)(H,15,16). The lowest BCUT2D eigenvalue weighted by atomic mass is 10.1. The van der Waals surface area contributed by atoms with E-state index in [1.54, 1.807) is 0 Å². The maximum absolute atomic E-state index is 11.3. The van der Waals surface area contributed by atoms with Gasteiger partial charge in [0.25, 0.3) is 0 Å². The first kappa shape index (κ1) is 14.4. The zero-order valence-corrected chi connectivity index (χ0v) is 9.53. The molecule has 6 nitrogen and oxygen atoms in total. The van der Waals surface area contributed by atoms with Gasteiger partial charge in [-0.25, -0.2) is 4.79 Å². The lowest BCUT2D eigenvalue weighted by Crippen LogP contribution is -2.41. The highest BCUT2D eigenvalue weighted by atomic mass is 16.4. The topological polar surface area (TPSA) is 109 Å². The van der Waals surface area contributed by atoms with Gasteiger partial charge in [0.1, 0.15) is 6.04 Å². The van der Waals surface area contributed by atoms with Crippen LogP contribution in [-0.2, 0) is 14.4 Å². The number of primary amides is 1. The van der Waals surface area contributed by atoms with Crippen molar-refractivity contribution in [2.45, 2.75) is 39.2 Å². The Hall–Kier alpha value is -1.59. The summed E-state index contributed by atoms with van der Waals surface area (Å²) < 4.78 is 0. The summed E-state index contributed by atoms with van der Waals surface area (Å²) in [5.41, 5.74) is 4.91. The Labute approximate surface area is 94.2 Å². The molecule has 0 aromatic carbocycles. The Morgan fingerprint density at radius 2 is 1.88 bits per heavy atom. The number of nitrogens with one attached hydrogen (secondary N) is 1. The van der Waals surface area contributed by atoms with Gasteiger partial charge >= 0.3 is 5.97 Å². The summed E-state index contributed by atoms with van der Waals surface area (Å²) in [5.74, 6) is -1.90. The Kier molecular flexibility index (Phi) is 6.14. The molecule has 4 N–H and O–H groups in total. The molecule has 1 unspecified atom stereocenters. The van der Waals surface area contributed by atoms with Crippen molar-refractivity contribution in [1.29, 1.82) is 0 Å². The predicted octanol–water partition coefficient (Wildman–Crippen LogP) is -0.133. The summed E-state index contributed by atoms with van der Waals surface area (Å²) in [6.07, 6.45) is 0.230. The molecule has 0 radical (unpaired) electrons. The first-order valence-corrected chi connectivity index (χ1v) is 5.13. The second-order valence-corrected chi connectivity index (χ2v) is 4.06. The lowest BCUT2D eigenvalue weighted by molar-refractivity contribution is -0.142. The van der Waals surface area contributed by atoms with Crippen molar-refractivity contribution in [3.63, 3.8) is 0 Å². The highest BCUT2D eigenvalue weighted by Gasteiger charge is 2.20. The van der Waals surface area contributed by atoms with Crippen LogP contribution < -0.4 is 11.1 Å². The number of amides is 2. The molecule has 2 amide bonds. The lowest BCUT2D eigenvalue weighted by Gasteiger charge is -2.14. The van der Waals surface area contributed by atoms with E-state index in [-0.39, 0.29) is 31.1 Å². The smallest absolute Gasteiger partial charge is 0.326 e. The van der Waals surface area contributed by atoms with Crippen molar-refractivity contribution < 1.29 is 19.5 Å². The Balaban J connectivity index is 4.17. The van der Waals surface area contributed by atoms with Gasteiger partial charge < -0.3 is 16.2 Å². The van der Waals surface area contributed by atoms with E-state index in [0.717, 1.165) is 0 Å². The number of carboxylic acids is 1. The Morgan fingerprint density at radius 3 is 2.25 bits per heavy atom. The molecular weight excluding hydrogens is 212 g/mol. The molecule has 0 spiro atoms. The fourth-order valence-corrected chi connectivity index (χ4v) is 1.17. The minimum absolute atomic E-state index is 0.0223. The molecule has 0 aromatic rings. The first-order chi connectivity index (χ1) is 7.32. The van der Waals surface area contributed by atoms with E-state index < -0.39 is 17.9 Å². The summed E-state index contributed by atoms with van der Waals surface area (Å²) in [6, 6.07) is -1.04. The predicted molar refractivity (Wildman–Crippen MR) is 57.4 cm³/mol. The molecule has 0 fully saturated rings. The molecule has 0 aliphatic rings. The molecule has 0 aliphatic carbocycles. The number of carbonyl (C=O) groups excluding carboxylic acids is 2. The molecular formula is C10H18N2O4. The van der Waals surface area contributed by atoms with Crippen LogP contribution in [0.4, 0.5) is 0 Å². The summed E-state index contributed by atoms with van der Waals surface area (Å²) in [5, 5.41) is 11.2. The molecule has 92 valence electrons. The van der Waals surface area contributed by atoms with Gasteiger partial charge in [-0.1, -0.05) is 13.8 Å². The van der Waals surface area contributed by atoms with Crippen LogP contribution in [0.15, 0.2) is 0 Å². The van der Waals surface area contributed by atoms with Crippen LogP contribution in [-0.4, -0.2) is 28.9 Å². The first-order valence-electron chi connectivity index (χ1n) is 5.13. The van der Waals surface area contributed by atoms with E-state index in [9.17, 15) is 14.4 Å². The highest BCUT2D eigenvalue weighted by Crippen LogP contribution is 2.02. The molecule has 0 saturated carbocycles. The summed E-state index contributed by atoms with van der Waals surface area (Å²) in [4.78, 5) is 32.6. The van der Waals surface area contributed by atoms with E-state index in [1.807, 2.05) is 13.8 Å². The average molecular weight is 230 g/mol. The molecule has 1 atom stereocenters. The number of carboxylic acid groups (broad SMARTS) is 1. The normalized spacial score (nSPS) is 12.2. The average Bonchev–Trinajstić information content (AvgIpc) is 2.09. The van der Waals surface area contributed by atoms with Gasteiger partial charge in [-0.3, -0.25) is 9.59 Å². The second kappa shape index (κ2) is 6.81. The van der Waals surface area contributed by atoms with Crippen LogP contribution in [0, 0.1) is 5.92 Å². The van der Waals surface area contributed by atoms with E-state index in [2.05, 4.69) is 5.32 Å². The van der Waals surface area contributed by atoms with Crippen LogP contribution in [0.3, 0.4) is 0 Å². The second-order valence-electron chi connectivity index (χ2n) is 4.06. The molecule has 0 aliphatic heterocycles. The SMILES string of the molecule is CC(C)CC(=O)NC(CCC(N)=O)C(=O)O. The monoisotopic (exact) mass is 230 g/mol. The van der Waals surface area contributed by atoms with Gasteiger partial charge in [-0.05, 0) is 12.3 Å². The van der Waals surface area contributed by atoms with Crippen molar-refractivity contribution in [3.8, 4) is 0 Å². The summed E-state index contributed by atoms with van der Waals surface area (Å²) >= 11 is 0. The largest absolute Gasteiger partial charge is 0.480 e. The number of nitrogens with two attached hydrogens (primary N) is 1. The van der Waals surface area contributed by atoms with E-state index >= 15 is 0 Å². The van der Waals surface area contributed by atoms with Crippen molar-refractivity contribution in [2.24, 2.45) is 11.7 Å². The van der Waals surface area contributed by atoms with E-state index in [1.165, 1.54) is 0 Å². The van der Waals surface area contributed by atoms with Crippen LogP contribution in [0.5, 0.6) is 0 Å². The molecule has 0 aromatic heterocycles. The summed E-state index contributed by atoms with van der Waals surface area (Å²) in [6.45, 7) is 3.72. The Bertz CT molecular complexity index is 276. The minimum atomic E-state index is -1.15. The van der Waals surface area contributed by atoms with E-state index in [0.29, 0.717) is 0 Å². The maximum Gasteiger partial charge on any atom is 0.326 e. The van der Waals surface area contributed by atoms with Gasteiger partial charge in [0, 0.05) is 12.8 Å². The number of carbonyl (C=O) groups is 3. The molecule has 0 heterocycles. The zero-order chi connectivity index (χ0) is 12.7. The third-order valence-electron chi connectivity index (χ3n) is 1.91. The molecule has 16 heavy (non-hydrogen) atoms. The molecule has 0 bridgehead atoms.